The van der Waals surface area contributed by atoms with Crippen molar-refractivity contribution in [3.63, 3.8) is 0 Å². The zero-order valence-corrected chi connectivity index (χ0v) is 15.0. The van der Waals surface area contributed by atoms with Crippen LogP contribution in [0.25, 0.3) is 0 Å². The number of rotatable bonds is 3. The molecule has 126 valence electrons. The molecule has 0 saturated carbocycles. The summed E-state index contributed by atoms with van der Waals surface area (Å²) in [5.74, 6) is -0.270. The lowest BCUT2D eigenvalue weighted by Crippen LogP contribution is -2.48. The quantitative estimate of drug-likeness (QED) is 0.811. The normalized spacial score (nSPS) is 14.5. The highest BCUT2D eigenvalue weighted by Crippen LogP contribution is 2.27. The van der Waals surface area contributed by atoms with Crippen molar-refractivity contribution in [1.29, 1.82) is 0 Å². The van der Waals surface area contributed by atoms with Crippen molar-refractivity contribution < 1.29 is 14.7 Å². The number of aromatic nitrogens is 1. The van der Waals surface area contributed by atoms with Crippen LogP contribution >= 0.6 is 27.3 Å². The monoisotopic (exact) mass is 410 g/mol. The minimum atomic E-state index is -0.898. The highest BCUT2D eigenvalue weighted by atomic mass is 79.9. The molecule has 0 radical (unpaired) electrons. The predicted octanol–water partition coefficient (Wildman–Crippen LogP) is 2.96. The number of hydrogen-bond donors (Lipinski definition) is 2. The molecule has 24 heavy (non-hydrogen) atoms. The van der Waals surface area contributed by atoms with E-state index in [1.807, 2.05) is 24.3 Å². The van der Waals surface area contributed by atoms with E-state index in [2.05, 4.69) is 31.1 Å². The van der Waals surface area contributed by atoms with Crippen molar-refractivity contribution >= 4 is 50.6 Å². The van der Waals surface area contributed by atoms with Crippen LogP contribution in [-0.2, 0) is 0 Å². The molecule has 0 spiro atoms. The molecule has 1 aromatic heterocycles. The molecule has 1 aliphatic rings. The number of carbonyl (C=O) groups excluding carboxylic acids is 1. The van der Waals surface area contributed by atoms with E-state index in [4.69, 9.17) is 5.11 Å². The summed E-state index contributed by atoms with van der Waals surface area (Å²) in [6, 6.07) is 7.50. The van der Waals surface area contributed by atoms with Gasteiger partial charge in [-0.15, -0.1) is 11.3 Å². The number of benzene rings is 1. The van der Waals surface area contributed by atoms with Crippen LogP contribution in [0.3, 0.4) is 0 Å². The molecule has 3 rings (SSSR count). The van der Waals surface area contributed by atoms with Gasteiger partial charge in [-0.25, -0.2) is 9.78 Å². The Morgan fingerprint density at radius 3 is 2.54 bits per heavy atom. The number of halogens is 1. The van der Waals surface area contributed by atoms with Crippen LogP contribution in [0.5, 0.6) is 0 Å². The van der Waals surface area contributed by atoms with Gasteiger partial charge in [-0.3, -0.25) is 4.79 Å². The van der Waals surface area contributed by atoms with E-state index in [1.54, 1.807) is 5.38 Å². The Hall–Kier alpha value is -2.13. The van der Waals surface area contributed by atoms with Gasteiger partial charge >= 0.3 is 6.09 Å². The summed E-state index contributed by atoms with van der Waals surface area (Å²) in [4.78, 5) is 30.9. The van der Waals surface area contributed by atoms with Crippen molar-refractivity contribution in [1.82, 2.24) is 9.88 Å². The molecule has 0 unspecified atom stereocenters. The molecule has 2 amide bonds. The molecular formula is C15H15BrN4O3S. The molecule has 9 heteroatoms. The van der Waals surface area contributed by atoms with Crippen LogP contribution < -0.4 is 10.2 Å². The van der Waals surface area contributed by atoms with Gasteiger partial charge in [0.05, 0.1) is 11.4 Å². The number of amides is 2. The van der Waals surface area contributed by atoms with E-state index >= 15 is 0 Å². The van der Waals surface area contributed by atoms with Crippen LogP contribution in [0.4, 0.5) is 16.2 Å². The van der Waals surface area contributed by atoms with E-state index in [-0.39, 0.29) is 5.91 Å². The molecule has 2 N–H and O–H groups in total. The number of nitrogens with zero attached hydrogens (tertiary/aromatic N) is 3. The van der Waals surface area contributed by atoms with Gasteiger partial charge in [-0.05, 0) is 28.1 Å². The Morgan fingerprint density at radius 2 is 1.92 bits per heavy atom. The van der Waals surface area contributed by atoms with Crippen molar-refractivity contribution in [3.05, 3.63) is 39.3 Å². The summed E-state index contributed by atoms with van der Waals surface area (Å²) in [5.41, 5.74) is 1.93. The van der Waals surface area contributed by atoms with Gasteiger partial charge in [0.15, 0.2) is 3.92 Å². The maximum atomic E-state index is 12.3. The van der Waals surface area contributed by atoms with E-state index in [0.717, 1.165) is 5.69 Å². The third-order valence-electron chi connectivity index (χ3n) is 3.75. The highest BCUT2D eigenvalue weighted by Gasteiger charge is 2.22. The zero-order chi connectivity index (χ0) is 17.1. The summed E-state index contributed by atoms with van der Waals surface area (Å²) in [6.07, 6.45) is -0.898. The largest absolute Gasteiger partial charge is 0.465 e. The number of para-hydroxylation sites is 2. The van der Waals surface area contributed by atoms with Crippen molar-refractivity contribution in [2.75, 3.05) is 36.4 Å². The van der Waals surface area contributed by atoms with E-state index in [0.29, 0.717) is 41.5 Å². The first-order chi connectivity index (χ1) is 11.5. The summed E-state index contributed by atoms with van der Waals surface area (Å²) in [7, 11) is 0. The third kappa shape index (κ3) is 3.68. The Labute approximate surface area is 151 Å². The Morgan fingerprint density at radius 1 is 1.21 bits per heavy atom. The van der Waals surface area contributed by atoms with Crippen LogP contribution in [0.1, 0.15) is 10.5 Å². The number of hydrogen-bond acceptors (Lipinski definition) is 5. The molecule has 1 fully saturated rings. The SMILES string of the molecule is O=C(Nc1ccccc1N1CCN(C(=O)O)CC1)c1csc(Br)n1. The summed E-state index contributed by atoms with van der Waals surface area (Å²) in [5, 5.41) is 13.6. The third-order valence-corrected chi connectivity index (χ3v) is 5.12. The van der Waals surface area contributed by atoms with Gasteiger partial charge in [0, 0.05) is 31.6 Å². The number of nitrogens with one attached hydrogen (secondary N) is 1. The van der Waals surface area contributed by atoms with Crippen molar-refractivity contribution in [2.24, 2.45) is 0 Å². The van der Waals surface area contributed by atoms with Crippen molar-refractivity contribution in [3.8, 4) is 0 Å². The van der Waals surface area contributed by atoms with Crippen molar-refractivity contribution in [2.45, 2.75) is 0 Å². The fraction of sp³-hybridized carbons (Fsp3) is 0.267. The topological polar surface area (TPSA) is 85.8 Å². The minimum Gasteiger partial charge on any atom is -0.465 e. The molecule has 1 aromatic carbocycles. The maximum absolute atomic E-state index is 12.3. The summed E-state index contributed by atoms with van der Waals surface area (Å²) < 4.78 is 0.658. The molecule has 0 aliphatic carbocycles. The lowest BCUT2D eigenvalue weighted by atomic mass is 10.2. The van der Waals surface area contributed by atoms with E-state index in [9.17, 15) is 9.59 Å². The molecular weight excluding hydrogens is 396 g/mol. The van der Waals surface area contributed by atoms with Gasteiger partial charge in [-0.2, -0.15) is 0 Å². The Bertz CT molecular complexity index is 759. The highest BCUT2D eigenvalue weighted by molar-refractivity contribution is 9.11. The first-order valence-electron chi connectivity index (χ1n) is 7.29. The van der Waals surface area contributed by atoms with Gasteiger partial charge < -0.3 is 20.2 Å². The average molecular weight is 411 g/mol. The molecule has 0 atom stereocenters. The van der Waals surface area contributed by atoms with Crippen LogP contribution in [0, 0.1) is 0 Å². The first-order valence-corrected chi connectivity index (χ1v) is 8.96. The predicted molar refractivity (Wildman–Crippen MR) is 96.0 cm³/mol. The molecule has 2 aromatic rings. The van der Waals surface area contributed by atoms with Crippen LogP contribution in [0.15, 0.2) is 33.6 Å². The number of thiazole rings is 1. The van der Waals surface area contributed by atoms with Crippen LogP contribution in [-0.4, -0.2) is 53.2 Å². The van der Waals surface area contributed by atoms with Gasteiger partial charge in [0.25, 0.3) is 5.91 Å². The molecule has 7 nitrogen and oxygen atoms in total. The molecule has 0 bridgehead atoms. The number of piperazine rings is 1. The zero-order valence-electron chi connectivity index (χ0n) is 12.6. The smallest absolute Gasteiger partial charge is 0.407 e. The second-order valence-corrected chi connectivity index (χ2v) is 7.35. The number of carboxylic acid groups (broad SMARTS) is 1. The average Bonchev–Trinajstić information content (AvgIpc) is 3.02. The number of anilines is 2. The first kappa shape index (κ1) is 16.7. The fourth-order valence-corrected chi connectivity index (χ4v) is 3.53. The molecule has 1 saturated heterocycles. The van der Waals surface area contributed by atoms with Gasteiger partial charge in [0.1, 0.15) is 5.69 Å². The lowest BCUT2D eigenvalue weighted by molar-refractivity contribution is 0.102. The summed E-state index contributed by atoms with van der Waals surface area (Å²) in [6.45, 7) is 2.05. The Balaban J connectivity index is 1.74. The minimum absolute atomic E-state index is 0.270. The van der Waals surface area contributed by atoms with E-state index in [1.165, 1.54) is 16.2 Å². The lowest BCUT2D eigenvalue weighted by Gasteiger charge is -2.35. The Kier molecular flexibility index (Phi) is 5.00. The molecule has 1 aliphatic heterocycles. The maximum Gasteiger partial charge on any atom is 0.407 e. The van der Waals surface area contributed by atoms with Gasteiger partial charge in [0.2, 0.25) is 0 Å². The van der Waals surface area contributed by atoms with Gasteiger partial charge in [-0.1, -0.05) is 12.1 Å². The summed E-state index contributed by atoms with van der Waals surface area (Å²) >= 11 is 4.60. The molecule has 2 heterocycles. The fourth-order valence-electron chi connectivity index (χ4n) is 2.54. The second-order valence-electron chi connectivity index (χ2n) is 5.21. The number of carbonyl (C=O) groups is 2. The second kappa shape index (κ2) is 7.18. The van der Waals surface area contributed by atoms with Crippen LogP contribution in [0.2, 0.25) is 0 Å². The standard InChI is InChI=1S/C15H15BrN4O3S/c16-14-18-11(9-24-14)13(21)17-10-3-1-2-4-12(10)19-5-7-20(8-6-19)15(22)23/h1-4,9H,5-8H2,(H,17,21)(H,22,23). The van der Waals surface area contributed by atoms with E-state index < -0.39 is 6.09 Å².